The Morgan fingerprint density at radius 1 is 1.36 bits per heavy atom. The fraction of sp³-hybridized carbons (Fsp3) is 0.667. The molecule has 1 spiro atoms. The summed E-state index contributed by atoms with van der Waals surface area (Å²) in [6.07, 6.45) is 3.53. The summed E-state index contributed by atoms with van der Waals surface area (Å²) in [7, 11) is 1.65. The number of hydrogen-bond acceptors (Lipinski definition) is 4. The van der Waals surface area contributed by atoms with Crippen LogP contribution in [0.2, 0.25) is 0 Å². The minimum Gasteiger partial charge on any atom is -0.383 e. The quantitative estimate of drug-likeness (QED) is 0.599. The first-order valence-corrected chi connectivity index (χ1v) is 10.1. The zero-order valence-electron chi connectivity index (χ0n) is 17.5. The van der Waals surface area contributed by atoms with E-state index in [0.717, 1.165) is 35.6 Å². The van der Waals surface area contributed by atoms with Gasteiger partial charge >= 0.3 is 6.03 Å². The number of ether oxygens (including phenoxy) is 1. The number of ketones is 1. The summed E-state index contributed by atoms with van der Waals surface area (Å²) in [6.45, 7) is 8.20. The van der Waals surface area contributed by atoms with Crippen LogP contribution in [0.1, 0.15) is 67.3 Å². The van der Waals surface area contributed by atoms with Crippen molar-refractivity contribution in [3.8, 4) is 0 Å². The van der Waals surface area contributed by atoms with Gasteiger partial charge in [-0.1, -0.05) is 19.8 Å². The van der Waals surface area contributed by atoms with Crippen molar-refractivity contribution >= 4 is 17.7 Å². The Balaban J connectivity index is 1.81. The molecule has 7 heteroatoms. The Labute approximate surface area is 166 Å². The van der Waals surface area contributed by atoms with E-state index in [1.165, 1.54) is 0 Å². The van der Waals surface area contributed by atoms with Gasteiger partial charge in [0.15, 0.2) is 5.78 Å². The summed E-state index contributed by atoms with van der Waals surface area (Å²) in [5, 5.41) is 2.91. The van der Waals surface area contributed by atoms with Crippen LogP contribution in [-0.2, 0) is 9.53 Å². The molecule has 1 aliphatic carbocycles. The number of methoxy groups -OCH3 is 1. The molecule has 3 atom stereocenters. The van der Waals surface area contributed by atoms with E-state index in [9.17, 15) is 14.4 Å². The number of Topliss-reactive ketones (excluding diaryl/α,β-unsaturated/α-hetero) is 1. The highest BCUT2D eigenvalue weighted by Crippen LogP contribution is 2.38. The molecular formula is C21H31N3O4. The van der Waals surface area contributed by atoms with Crippen LogP contribution < -0.4 is 5.32 Å². The van der Waals surface area contributed by atoms with E-state index in [2.05, 4.69) is 9.88 Å². The van der Waals surface area contributed by atoms with Gasteiger partial charge < -0.3 is 14.6 Å². The molecule has 2 fully saturated rings. The Kier molecular flexibility index (Phi) is 5.66. The van der Waals surface area contributed by atoms with Gasteiger partial charge in [-0.3, -0.25) is 14.5 Å². The van der Waals surface area contributed by atoms with Gasteiger partial charge in [0.2, 0.25) is 0 Å². The Morgan fingerprint density at radius 2 is 2.07 bits per heavy atom. The zero-order chi connectivity index (χ0) is 20.6. The molecule has 1 aromatic heterocycles. The third-order valence-electron chi connectivity index (χ3n) is 6.44. The molecular weight excluding hydrogens is 358 g/mol. The summed E-state index contributed by atoms with van der Waals surface area (Å²) < 4.78 is 7.30. The van der Waals surface area contributed by atoms with E-state index in [-0.39, 0.29) is 30.2 Å². The molecule has 154 valence electrons. The first-order valence-electron chi connectivity index (χ1n) is 10.1. The minimum absolute atomic E-state index is 0.0813. The molecule has 1 N–H and O–H groups in total. The number of amides is 3. The second-order valence-corrected chi connectivity index (χ2v) is 8.32. The lowest BCUT2D eigenvalue weighted by Crippen LogP contribution is -2.54. The van der Waals surface area contributed by atoms with Crippen molar-refractivity contribution in [1.82, 2.24) is 14.8 Å². The first kappa shape index (κ1) is 20.6. The fourth-order valence-electron chi connectivity index (χ4n) is 4.92. The number of imide groups is 1. The van der Waals surface area contributed by atoms with E-state index in [0.29, 0.717) is 18.6 Å². The smallest absolute Gasteiger partial charge is 0.325 e. The van der Waals surface area contributed by atoms with Crippen LogP contribution in [0, 0.1) is 19.8 Å². The lowest BCUT2D eigenvalue weighted by atomic mass is 9.73. The minimum atomic E-state index is -0.834. The molecule has 2 heterocycles. The summed E-state index contributed by atoms with van der Waals surface area (Å²) in [5.41, 5.74) is 1.51. The van der Waals surface area contributed by atoms with Crippen LogP contribution in [0.3, 0.4) is 0 Å². The fourth-order valence-corrected chi connectivity index (χ4v) is 4.92. The highest BCUT2D eigenvalue weighted by molar-refractivity contribution is 6.11. The van der Waals surface area contributed by atoms with Gasteiger partial charge in [-0.05, 0) is 45.6 Å². The number of carbonyl (C=O) groups is 3. The molecule has 0 bridgehead atoms. The van der Waals surface area contributed by atoms with E-state index in [4.69, 9.17) is 4.74 Å². The highest BCUT2D eigenvalue weighted by atomic mass is 16.5. The van der Waals surface area contributed by atoms with Crippen LogP contribution in [0.15, 0.2) is 6.07 Å². The monoisotopic (exact) mass is 389 g/mol. The van der Waals surface area contributed by atoms with Crippen LogP contribution in [-0.4, -0.2) is 53.0 Å². The topological polar surface area (TPSA) is 80.6 Å². The van der Waals surface area contributed by atoms with E-state index >= 15 is 0 Å². The molecule has 28 heavy (non-hydrogen) atoms. The number of nitrogens with one attached hydrogen (secondary N) is 1. The van der Waals surface area contributed by atoms with Gasteiger partial charge in [0.05, 0.1) is 19.2 Å². The van der Waals surface area contributed by atoms with Gasteiger partial charge in [0.25, 0.3) is 5.91 Å². The molecule has 0 radical (unpaired) electrons. The van der Waals surface area contributed by atoms with E-state index in [1.807, 2.05) is 33.8 Å². The van der Waals surface area contributed by atoms with Gasteiger partial charge in [-0.15, -0.1) is 0 Å². The molecule has 0 unspecified atom stereocenters. The number of nitrogens with zero attached hydrogens (tertiary/aromatic N) is 2. The molecule has 0 aromatic carbocycles. The largest absolute Gasteiger partial charge is 0.383 e. The number of carbonyl (C=O) groups excluding carboxylic acids is 3. The number of rotatable bonds is 6. The summed E-state index contributed by atoms with van der Waals surface area (Å²) in [5.74, 6) is -0.384. The van der Waals surface area contributed by atoms with Gasteiger partial charge in [0.1, 0.15) is 5.54 Å². The maximum Gasteiger partial charge on any atom is 0.325 e. The molecule has 7 nitrogen and oxygen atoms in total. The van der Waals surface area contributed by atoms with Crippen molar-refractivity contribution < 1.29 is 19.1 Å². The number of aromatic nitrogens is 1. The average molecular weight is 389 g/mol. The Hall–Kier alpha value is -2.15. The highest BCUT2D eigenvalue weighted by Gasteiger charge is 2.55. The molecule has 1 saturated carbocycles. The van der Waals surface area contributed by atoms with Crippen molar-refractivity contribution in [3.05, 3.63) is 23.0 Å². The molecule has 1 saturated heterocycles. The summed E-state index contributed by atoms with van der Waals surface area (Å²) in [6, 6.07) is 1.48. The lowest BCUT2D eigenvalue weighted by molar-refractivity contribution is -0.133. The van der Waals surface area contributed by atoms with Gasteiger partial charge in [-0.2, -0.15) is 0 Å². The summed E-state index contributed by atoms with van der Waals surface area (Å²) in [4.78, 5) is 39.7. The van der Waals surface area contributed by atoms with E-state index < -0.39 is 11.6 Å². The van der Waals surface area contributed by atoms with Crippen LogP contribution in [0.4, 0.5) is 4.79 Å². The standard InChI is InChI=1S/C21H31N3O4/c1-13-8-6-7-9-21(13)19(26)23(20(27)22-21)11-18(25)17-10-14(2)24(16(17)4)15(3)12-28-5/h10,13,15H,6-9,11-12H2,1-5H3,(H,22,27)/t13-,15+,21-/m1/s1. The maximum absolute atomic E-state index is 13.1. The van der Waals surface area contributed by atoms with Crippen molar-refractivity contribution in [2.45, 2.75) is 65.0 Å². The van der Waals surface area contributed by atoms with Crippen molar-refractivity contribution in [1.29, 1.82) is 0 Å². The van der Waals surface area contributed by atoms with E-state index in [1.54, 1.807) is 7.11 Å². The van der Waals surface area contributed by atoms with Crippen LogP contribution in [0.25, 0.3) is 0 Å². The SMILES string of the molecule is COC[C@H](C)n1c(C)cc(C(=O)CN2C(=O)N[C@@]3(CCCC[C@H]3C)C2=O)c1C. The second kappa shape index (κ2) is 7.70. The normalized spacial score (nSPS) is 26.0. The molecule has 3 amide bonds. The van der Waals surface area contributed by atoms with Crippen molar-refractivity contribution in [2.24, 2.45) is 5.92 Å². The molecule has 3 rings (SSSR count). The van der Waals surface area contributed by atoms with Crippen LogP contribution in [0.5, 0.6) is 0 Å². The maximum atomic E-state index is 13.1. The second-order valence-electron chi connectivity index (χ2n) is 8.32. The Morgan fingerprint density at radius 3 is 2.71 bits per heavy atom. The third kappa shape index (κ3) is 3.26. The number of urea groups is 1. The third-order valence-corrected chi connectivity index (χ3v) is 6.44. The molecule has 1 aromatic rings. The van der Waals surface area contributed by atoms with Crippen molar-refractivity contribution in [2.75, 3.05) is 20.3 Å². The zero-order valence-corrected chi connectivity index (χ0v) is 17.5. The predicted octanol–water partition coefficient (Wildman–Crippen LogP) is 3.00. The number of aryl methyl sites for hydroxylation is 1. The first-order chi connectivity index (χ1) is 13.2. The van der Waals surface area contributed by atoms with Gasteiger partial charge in [-0.25, -0.2) is 4.79 Å². The number of hydrogen-bond donors (Lipinski definition) is 1. The summed E-state index contributed by atoms with van der Waals surface area (Å²) >= 11 is 0. The average Bonchev–Trinajstić information content (AvgIpc) is 3.06. The van der Waals surface area contributed by atoms with Gasteiger partial charge in [0, 0.05) is 24.1 Å². The predicted molar refractivity (Wildman–Crippen MR) is 105 cm³/mol. The van der Waals surface area contributed by atoms with Crippen molar-refractivity contribution in [3.63, 3.8) is 0 Å². The van der Waals surface area contributed by atoms with Crippen LogP contribution >= 0.6 is 0 Å². The lowest BCUT2D eigenvalue weighted by Gasteiger charge is -2.36. The Bertz CT molecular complexity index is 800. The molecule has 1 aliphatic heterocycles. The molecule has 2 aliphatic rings.